The molecule has 0 radical (unpaired) electrons. The highest BCUT2D eigenvalue weighted by Gasteiger charge is 2.27. The van der Waals surface area contributed by atoms with Crippen LogP contribution in [0.4, 0.5) is 0 Å². The van der Waals surface area contributed by atoms with E-state index in [1.165, 1.54) is 51.4 Å². The number of unbranched alkanes of at least 4 members (excludes halogenated alkanes) is 11. The van der Waals surface area contributed by atoms with Crippen molar-refractivity contribution in [3.05, 3.63) is 60.8 Å². The van der Waals surface area contributed by atoms with Crippen molar-refractivity contribution in [1.29, 1.82) is 0 Å². The number of aliphatic hydroxyl groups is 1. The van der Waals surface area contributed by atoms with Gasteiger partial charge in [-0.15, -0.1) is 0 Å². The number of hydrogen-bond acceptors (Lipinski definition) is 8. The first-order valence-corrected chi connectivity index (χ1v) is 21.6. The number of allylic oxidation sites excluding steroid dienone is 8. The average Bonchev–Trinajstić information content (AvgIpc) is 3.10. The van der Waals surface area contributed by atoms with Gasteiger partial charge >= 0.3 is 19.8 Å². The van der Waals surface area contributed by atoms with E-state index >= 15 is 0 Å². The minimum Gasteiger partial charge on any atom is -0.462 e. The molecule has 0 bridgehead atoms. The van der Waals surface area contributed by atoms with Crippen molar-refractivity contribution in [3.63, 3.8) is 0 Å². The summed E-state index contributed by atoms with van der Waals surface area (Å²) in [6.45, 7) is 4.11. The Morgan fingerprint density at radius 2 is 1.30 bits per heavy atom. The Morgan fingerprint density at radius 3 is 1.96 bits per heavy atom. The van der Waals surface area contributed by atoms with E-state index < -0.39 is 38.6 Å². The van der Waals surface area contributed by atoms with Gasteiger partial charge in [0, 0.05) is 12.8 Å². The summed E-state index contributed by atoms with van der Waals surface area (Å²) < 4.78 is 34.1. The number of carbonyl (C=O) groups is 2. The van der Waals surface area contributed by atoms with Crippen molar-refractivity contribution in [1.82, 2.24) is 0 Å². The van der Waals surface area contributed by atoms with Gasteiger partial charge in [-0.1, -0.05) is 139 Å². The van der Waals surface area contributed by atoms with Crippen LogP contribution in [0, 0.1) is 0 Å². The Kier molecular flexibility index (Phi) is 32.7. The summed E-state index contributed by atoms with van der Waals surface area (Å²) in [5.41, 5.74) is 0. The number of likely N-dealkylation sites (N-methyl/N-ethyl adjacent to an activating group) is 1. The fraction of sp³-hybridized carbons (Fsp3) is 0.714. The van der Waals surface area contributed by atoms with Gasteiger partial charge in [-0.2, -0.15) is 0 Å². The number of phosphoric ester groups is 1. The van der Waals surface area contributed by atoms with Gasteiger partial charge in [-0.05, 0) is 44.9 Å². The monoisotopic (exact) mass is 769 g/mol. The second-order valence-electron chi connectivity index (χ2n) is 14.5. The molecule has 0 fully saturated rings. The van der Waals surface area contributed by atoms with E-state index in [1.54, 1.807) is 6.08 Å². The molecule has 10 nitrogen and oxygen atoms in total. The number of nitrogens with zero attached hydrogens (tertiary/aromatic N) is 1. The molecule has 11 heteroatoms. The van der Waals surface area contributed by atoms with E-state index in [9.17, 15) is 24.2 Å². The third kappa shape index (κ3) is 37.8. The highest BCUT2D eigenvalue weighted by Crippen LogP contribution is 2.43. The van der Waals surface area contributed by atoms with Crippen LogP contribution in [0.15, 0.2) is 60.8 Å². The number of rotatable bonds is 35. The topological polar surface area (TPSA) is 129 Å². The zero-order chi connectivity index (χ0) is 39.5. The molecule has 2 N–H and O–H groups in total. The third-order valence-electron chi connectivity index (χ3n) is 8.14. The molecule has 0 aliphatic rings. The molecule has 0 aliphatic carbocycles. The molecule has 0 rings (SSSR count). The normalized spacial score (nSPS) is 14.9. The smallest absolute Gasteiger partial charge is 0.462 e. The standard InChI is InChI=1S/C42H74NO9P/c1-6-8-10-12-14-15-16-17-21-25-29-33-41(45)49-37-40(38-51-53(47,48)50-36-35-43(3,4)5)52-42(46)34-30-26-22-19-18-20-24-28-32-39(44)31-27-23-13-11-9-7-2/h9,11,19-20,22-24,27-28,32,39-40,44H,6-8,10,12-18,21,25-26,29-31,33-38H2,1-5H3/p+1/b11-9-,22-19-,24-20-,27-23-,32-28+. The Labute approximate surface area is 322 Å². The highest BCUT2D eigenvalue weighted by atomic mass is 31.2. The van der Waals surface area contributed by atoms with Crippen LogP contribution in [-0.4, -0.2) is 86.1 Å². The number of ether oxygens (including phenoxy) is 2. The summed E-state index contributed by atoms with van der Waals surface area (Å²) in [6.07, 6.45) is 35.9. The average molecular weight is 769 g/mol. The van der Waals surface area contributed by atoms with Crippen molar-refractivity contribution in [2.45, 2.75) is 148 Å². The zero-order valence-electron chi connectivity index (χ0n) is 33.8. The van der Waals surface area contributed by atoms with Crippen LogP contribution in [0.25, 0.3) is 0 Å². The van der Waals surface area contributed by atoms with E-state index in [1.807, 2.05) is 57.6 Å². The molecular weight excluding hydrogens is 693 g/mol. The summed E-state index contributed by atoms with van der Waals surface area (Å²) in [4.78, 5) is 35.2. The van der Waals surface area contributed by atoms with E-state index in [0.29, 0.717) is 30.3 Å². The van der Waals surface area contributed by atoms with Crippen molar-refractivity contribution in [2.75, 3.05) is 47.5 Å². The maximum absolute atomic E-state index is 12.6. The van der Waals surface area contributed by atoms with Crippen LogP contribution < -0.4 is 0 Å². The van der Waals surface area contributed by atoms with Gasteiger partial charge in [0.1, 0.15) is 19.8 Å². The second-order valence-corrected chi connectivity index (χ2v) is 15.9. The van der Waals surface area contributed by atoms with E-state index in [4.69, 9.17) is 18.5 Å². The molecule has 0 aromatic heterocycles. The lowest BCUT2D eigenvalue weighted by Crippen LogP contribution is -2.37. The number of carbonyl (C=O) groups excluding carboxylic acids is 2. The molecule has 306 valence electrons. The fourth-order valence-corrected chi connectivity index (χ4v) is 5.70. The first-order valence-electron chi connectivity index (χ1n) is 20.1. The molecule has 0 heterocycles. The summed E-state index contributed by atoms with van der Waals surface area (Å²) in [6, 6.07) is 0. The van der Waals surface area contributed by atoms with Crippen molar-refractivity contribution < 1.29 is 47.2 Å². The maximum Gasteiger partial charge on any atom is 0.472 e. The minimum atomic E-state index is -4.40. The highest BCUT2D eigenvalue weighted by molar-refractivity contribution is 7.47. The lowest BCUT2D eigenvalue weighted by atomic mass is 10.1. The lowest BCUT2D eigenvalue weighted by Gasteiger charge is -2.24. The van der Waals surface area contributed by atoms with Crippen LogP contribution in [0.3, 0.4) is 0 Å². The summed E-state index contributed by atoms with van der Waals surface area (Å²) in [5.74, 6) is -0.912. The Bertz CT molecular complexity index is 1110. The number of phosphoric acid groups is 1. The maximum atomic E-state index is 12.6. The summed E-state index contributed by atoms with van der Waals surface area (Å²) >= 11 is 0. The van der Waals surface area contributed by atoms with Gasteiger partial charge in [0.15, 0.2) is 6.10 Å². The number of esters is 2. The molecule has 0 aliphatic heterocycles. The Balaban J connectivity index is 4.60. The van der Waals surface area contributed by atoms with Crippen molar-refractivity contribution >= 4 is 19.8 Å². The number of hydrogen-bond donors (Lipinski definition) is 2. The molecule has 0 spiro atoms. The summed E-state index contributed by atoms with van der Waals surface area (Å²) in [5, 5.41) is 10.0. The Hall–Kier alpha value is -2.33. The van der Waals surface area contributed by atoms with Crippen LogP contribution >= 0.6 is 7.82 Å². The minimum absolute atomic E-state index is 0.00819. The quantitative estimate of drug-likeness (QED) is 0.0162. The molecule has 3 unspecified atom stereocenters. The SMILES string of the molecule is CC/C=C\C/C=C\CC(O)/C=C/C=C\C/C=C\CCCC(=O)OC(COC(=O)CCCCCCCCCCCCC)COP(=O)(O)OCC[N+](C)(C)C. The molecule has 0 saturated heterocycles. The molecule has 0 amide bonds. The van der Waals surface area contributed by atoms with Crippen LogP contribution in [0.2, 0.25) is 0 Å². The van der Waals surface area contributed by atoms with Crippen molar-refractivity contribution in [3.8, 4) is 0 Å². The molecular formula is C42H75NO9P+. The van der Waals surface area contributed by atoms with Gasteiger partial charge in [0.05, 0.1) is 33.9 Å². The van der Waals surface area contributed by atoms with E-state index in [0.717, 1.165) is 38.5 Å². The second kappa shape index (κ2) is 34.2. The van der Waals surface area contributed by atoms with Crippen LogP contribution in [-0.2, 0) is 32.7 Å². The fourth-order valence-electron chi connectivity index (χ4n) is 4.96. The first kappa shape index (κ1) is 50.7. The first-order chi connectivity index (χ1) is 25.4. The number of quaternary nitrogens is 1. The van der Waals surface area contributed by atoms with Gasteiger partial charge in [0.25, 0.3) is 0 Å². The lowest BCUT2D eigenvalue weighted by molar-refractivity contribution is -0.870. The van der Waals surface area contributed by atoms with E-state index in [2.05, 4.69) is 32.1 Å². The molecule has 0 aromatic carbocycles. The largest absolute Gasteiger partial charge is 0.472 e. The van der Waals surface area contributed by atoms with Gasteiger partial charge in [-0.25, -0.2) is 4.57 Å². The van der Waals surface area contributed by atoms with Crippen molar-refractivity contribution in [2.24, 2.45) is 0 Å². The van der Waals surface area contributed by atoms with Gasteiger partial charge in [0.2, 0.25) is 0 Å². The molecule has 0 saturated carbocycles. The van der Waals surface area contributed by atoms with Crippen LogP contribution in [0.5, 0.6) is 0 Å². The van der Waals surface area contributed by atoms with Gasteiger partial charge in [-0.3, -0.25) is 18.6 Å². The predicted molar refractivity (Wildman–Crippen MR) is 216 cm³/mol. The third-order valence-corrected chi connectivity index (χ3v) is 9.13. The number of aliphatic hydroxyl groups excluding tert-OH is 1. The Morgan fingerprint density at radius 1 is 0.698 bits per heavy atom. The predicted octanol–water partition coefficient (Wildman–Crippen LogP) is 9.87. The molecule has 3 atom stereocenters. The van der Waals surface area contributed by atoms with E-state index in [-0.39, 0.29) is 26.1 Å². The molecule has 53 heavy (non-hydrogen) atoms. The molecule has 0 aromatic rings. The summed E-state index contributed by atoms with van der Waals surface area (Å²) in [7, 11) is 1.39. The van der Waals surface area contributed by atoms with Crippen LogP contribution in [0.1, 0.15) is 136 Å². The van der Waals surface area contributed by atoms with Gasteiger partial charge < -0.3 is 24.0 Å². The zero-order valence-corrected chi connectivity index (χ0v) is 34.7.